The summed E-state index contributed by atoms with van der Waals surface area (Å²) >= 11 is 0. The predicted molar refractivity (Wildman–Crippen MR) is 90.9 cm³/mol. The number of amides is 2. The molecule has 0 atom stereocenters. The molecule has 0 aliphatic rings. The van der Waals surface area contributed by atoms with Crippen molar-refractivity contribution in [1.29, 1.82) is 0 Å². The van der Waals surface area contributed by atoms with Gasteiger partial charge in [-0.2, -0.15) is 0 Å². The van der Waals surface area contributed by atoms with Crippen molar-refractivity contribution in [1.82, 2.24) is 10.3 Å². The molecule has 0 fully saturated rings. The largest absolute Gasteiger partial charge is 0.492 e. The minimum absolute atomic E-state index is 0.0103. The minimum Gasteiger partial charge on any atom is -0.492 e. The highest BCUT2D eigenvalue weighted by atomic mass is 16.5. The fraction of sp³-hybridized carbons (Fsp3) is 0.235. The third-order valence-electron chi connectivity index (χ3n) is 3.16. The molecule has 0 bridgehead atoms. The standard InChI is InChI=1S/C17H20N4O3/c1-12-4-2-5-13(10-12)24-9-8-19-15(22)11-21-14-6-3-7-20-16(14)17(18)23/h2-7,10,21H,8-9,11H2,1H3,(H2,18,23)(H,19,22). The zero-order valence-electron chi connectivity index (χ0n) is 13.4. The van der Waals surface area contributed by atoms with Crippen LogP contribution in [-0.2, 0) is 4.79 Å². The number of hydrogen-bond donors (Lipinski definition) is 3. The maximum absolute atomic E-state index is 11.8. The van der Waals surface area contributed by atoms with E-state index in [1.54, 1.807) is 12.1 Å². The number of carbonyl (C=O) groups is 2. The molecule has 0 saturated carbocycles. The highest BCUT2D eigenvalue weighted by Crippen LogP contribution is 2.12. The Labute approximate surface area is 140 Å². The molecule has 0 spiro atoms. The smallest absolute Gasteiger partial charge is 0.269 e. The fourth-order valence-corrected chi connectivity index (χ4v) is 2.05. The number of hydrogen-bond acceptors (Lipinski definition) is 5. The number of primary amides is 1. The summed E-state index contributed by atoms with van der Waals surface area (Å²) in [6.45, 7) is 2.74. The molecule has 4 N–H and O–H groups in total. The summed E-state index contributed by atoms with van der Waals surface area (Å²) in [5.74, 6) is -0.101. The van der Waals surface area contributed by atoms with Crippen LogP contribution in [-0.4, -0.2) is 36.5 Å². The van der Waals surface area contributed by atoms with Crippen molar-refractivity contribution < 1.29 is 14.3 Å². The molecule has 0 radical (unpaired) electrons. The Balaban J connectivity index is 1.71. The van der Waals surface area contributed by atoms with Gasteiger partial charge >= 0.3 is 0 Å². The fourth-order valence-electron chi connectivity index (χ4n) is 2.05. The molecule has 24 heavy (non-hydrogen) atoms. The van der Waals surface area contributed by atoms with Crippen LogP contribution >= 0.6 is 0 Å². The molecule has 7 heteroatoms. The lowest BCUT2D eigenvalue weighted by molar-refractivity contribution is -0.119. The summed E-state index contributed by atoms with van der Waals surface area (Å²) in [5, 5.41) is 5.57. The first kappa shape index (κ1) is 17.3. The van der Waals surface area contributed by atoms with Gasteiger partial charge in [-0.1, -0.05) is 12.1 Å². The summed E-state index contributed by atoms with van der Waals surface area (Å²) in [7, 11) is 0. The molecule has 7 nitrogen and oxygen atoms in total. The molecular weight excluding hydrogens is 308 g/mol. The van der Waals surface area contributed by atoms with Crippen LogP contribution in [0.1, 0.15) is 16.1 Å². The molecule has 0 unspecified atom stereocenters. The molecule has 1 aromatic heterocycles. The second-order valence-corrected chi connectivity index (χ2v) is 5.13. The lowest BCUT2D eigenvalue weighted by Crippen LogP contribution is -2.33. The van der Waals surface area contributed by atoms with Crippen LogP contribution in [0.4, 0.5) is 5.69 Å². The van der Waals surface area contributed by atoms with E-state index in [2.05, 4.69) is 15.6 Å². The highest BCUT2D eigenvalue weighted by Gasteiger charge is 2.09. The van der Waals surface area contributed by atoms with E-state index in [9.17, 15) is 9.59 Å². The number of nitrogens with zero attached hydrogens (tertiary/aromatic N) is 1. The molecule has 0 aliphatic heterocycles. The first-order chi connectivity index (χ1) is 11.6. The summed E-state index contributed by atoms with van der Waals surface area (Å²) in [5.41, 5.74) is 6.87. The van der Waals surface area contributed by atoms with Crippen molar-refractivity contribution in [2.75, 3.05) is 25.0 Å². The average molecular weight is 328 g/mol. The van der Waals surface area contributed by atoms with Gasteiger partial charge in [0.2, 0.25) is 5.91 Å². The van der Waals surface area contributed by atoms with Crippen LogP contribution in [0.3, 0.4) is 0 Å². The van der Waals surface area contributed by atoms with Crippen molar-refractivity contribution in [3.63, 3.8) is 0 Å². The number of rotatable bonds is 8. The number of ether oxygens (including phenoxy) is 1. The maximum Gasteiger partial charge on any atom is 0.269 e. The number of anilines is 1. The average Bonchev–Trinajstić information content (AvgIpc) is 2.57. The number of benzene rings is 1. The van der Waals surface area contributed by atoms with Gasteiger partial charge in [-0.15, -0.1) is 0 Å². The Bertz CT molecular complexity index is 718. The summed E-state index contributed by atoms with van der Waals surface area (Å²) in [6.07, 6.45) is 1.47. The first-order valence-electron chi connectivity index (χ1n) is 7.51. The van der Waals surface area contributed by atoms with E-state index >= 15 is 0 Å². The van der Waals surface area contributed by atoms with Crippen LogP contribution in [0.25, 0.3) is 0 Å². The number of aryl methyl sites for hydroxylation is 1. The van der Waals surface area contributed by atoms with Gasteiger partial charge in [0, 0.05) is 6.20 Å². The topological polar surface area (TPSA) is 106 Å². The van der Waals surface area contributed by atoms with Crippen molar-refractivity contribution in [2.24, 2.45) is 5.73 Å². The Morgan fingerprint density at radius 3 is 2.83 bits per heavy atom. The predicted octanol–water partition coefficient (Wildman–Crippen LogP) is 1.10. The van der Waals surface area contributed by atoms with Crippen LogP contribution in [0.5, 0.6) is 5.75 Å². The van der Waals surface area contributed by atoms with Gasteiger partial charge in [0.05, 0.1) is 18.8 Å². The van der Waals surface area contributed by atoms with E-state index in [1.165, 1.54) is 6.20 Å². The van der Waals surface area contributed by atoms with E-state index in [-0.39, 0.29) is 18.1 Å². The Kier molecular flexibility index (Phi) is 6.13. The summed E-state index contributed by atoms with van der Waals surface area (Å²) < 4.78 is 5.54. The van der Waals surface area contributed by atoms with Crippen LogP contribution < -0.4 is 21.1 Å². The zero-order chi connectivity index (χ0) is 17.4. The molecule has 1 heterocycles. The maximum atomic E-state index is 11.8. The lowest BCUT2D eigenvalue weighted by Gasteiger charge is -2.10. The molecule has 1 aromatic carbocycles. The molecule has 0 saturated heterocycles. The Morgan fingerprint density at radius 2 is 2.08 bits per heavy atom. The van der Waals surface area contributed by atoms with Gasteiger partial charge in [-0.3, -0.25) is 9.59 Å². The van der Waals surface area contributed by atoms with E-state index in [0.29, 0.717) is 18.8 Å². The van der Waals surface area contributed by atoms with Crippen molar-refractivity contribution >= 4 is 17.5 Å². The zero-order valence-corrected chi connectivity index (χ0v) is 13.4. The van der Waals surface area contributed by atoms with Gasteiger partial charge in [-0.25, -0.2) is 4.98 Å². The number of carbonyl (C=O) groups excluding carboxylic acids is 2. The van der Waals surface area contributed by atoms with E-state index < -0.39 is 5.91 Å². The minimum atomic E-state index is -0.648. The lowest BCUT2D eigenvalue weighted by atomic mass is 10.2. The normalized spacial score (nSPS) is 10.0. The monoisotopic (exact) mass is 328 g/mol. The van der Waals surface area contributed by atoms with Gasteiger partial charge in [-0.05, 0) is 36.8 Å². The van der Waals surface area contributed by atoms with Crippen LogP contribution in [0.2, 0.25) is 0 Å². The molecule has 126 valence electrons. The van der Waals surface area contributed by atoms with Gasteiger partial charge in [0.25, 0.3) is 5.91 Å². The van der Waals surface area contributed by atoms with E-state index in [1.807, 2.05) is 31.2 Å². The molecule has 2 amide bonds. The van der Waals surface area contributed by atoms with Gasteiger partial charge in [0.15, 0.2) is 5.69 Å². The number of aromatic nitrogens is 1. The number of nitrogens with one attached hydrogen (secondary N) is 2. The second-order valence-electron chi connectivity index (χ2n) is 5.13. The number of nitrogens with two attached hydrogens (primary N) is 1. The molecule has 0 aliphatic carbocycles. The third-order valence-corrected chi connectivity index (χ3v) is 3.16. The molecule has 2 rings (SSSR count). The Morgan fingerprint density at radius 1 is 1.25 bits per heavy atom. The van der Waals surface area contributed by atoms with Crippen molar-refractivity contribution in [2.45, 2.75) is 6.92 Å². The summed E-state index contributed by atoms with van der Waals surface area (Å²) in [6, 6.07) is 11.0. The first-order valence-corrected chi connectivity index (χ1v) is 7.51. The van der Waals surface area contributed by atoms with E-state index in [0.717, 1.165) is 11.3 Å². The SMILES string of the molecule is Cc1cccc(OCCNC(=O)CNc2cccnc2C(N)=O)c1. The third kappa shape index (κ3) is 5.28. The van der Waals surface area contributed by atoms with E-state index in [4.69, 9.17) is 10.5 Å². The highest BCUT2D eigenvalue weighted by molar-refractivity contribution is 5.96. The second kappa shape index (κ2) is 8.52. The Hall–Kier alpha value is -3.09. The van der Waals surface area contributed by atoms with Crippen LogP contribution in [0.15, 0.2) is 42.6 Å². The number of pyridine rings is 1. The van der Waals surface area contributed by atoms with Gasteiger partial charge in [0.1, 0.15) is 12.4 Å². The van der Waals surface area contributed by atoms with Crippen molar-refractivity contribution in [3.05, 3.63) is 53.9 Å². The van der Waals surface area contributed by atoms with Crippen molar-refractivity contribution in [3.8, 4) is 5.75 Å². The quantitative estimate of drug-likeness (QED) is 0.629. The van der Waals surface area contributed by atoms with Gasteiger partial charge < -0.3 is 21.1 Å². The molecular formula is C17H20N4O3. The summed E-state index contributed by atoms with van der Waals surface area (Å²) in [4.78, 5) is 26.9. The van der Waals surface area contributed by atoms with Crippen LogP contribution in [0, 0.1) is 6.92 Å². The molecule has 2 aromatic rings.